The number of benzene rings is 1. The molecule has 1 aromatic heterocycles. The van der Waals surface area contributed by atoms with Crippen LogP contribution in [0.1, 0.15) is 0 Å². The zero-order valence-corrected chi connectivity index (χ0v) is 12.8. The van der Waals surface area contributed by atoms with Crippen molar-refractivity contribution in [3.63, 3.8) is 0 Å². The van der Waals surface area contributed by atoms with Crippen LogP contribution in [0.25, 0.3) is 11.1 Å². The van der Waals surface area contributed by atoms with E-state index in [2.05, 4.69) is 4.98 Å². The molecule has 1 amide bonds. The highest BCUT2D eigenvalue weighted by Gasteiger charge is 2.37. The van der Waals surface area contributed by atoms with Crippen LogP contribution in [0, 0.1) is 5.92 Å². The molecular weight excluding hydrogens is 306 g/mol. The number of hydrogen-bond acceptors (Lipinski definition) is 5. The van der Waals surface area contributed by atoms with E-state index in [0.717, 1.165) is 5.52 Å². The van der Waals surface area contributed by atoms with Crippen LogP contribution in [0.4, 0.5) is 6.01 Å². The van der Waals surface area contributed by atoms with E-state index in [1.165, 1.54) is 0 Å². The Kier molecular flexibility index (Phi) is 3.43. The molecule has 0 bridgehead atoms. The summed E-state index contributed by atoms with van der Waals surface area (Å²) in [5, 5.41) is 0.635. The molecule has 7 heteroatoms. The number of carbonyl (C=O) groups is 1. The third kappa shape index (κ3) is 2.42. The minimum atomic E-state index is 0.0247. The summed E-state index contributed by atoms with van der Waals surface area (Å²) in [7, 11) is 0. The van der Waals surface area contributed by atoms with Crippen molar-refractivity contribution in [2.75, 3.05) is 44.3 Å². The molecule has 2 saturated heterocycles. The second-order valence-electron chi connectivity index (χ2n) is 5.65. The van der Waals surface area contributed by atoms with E-state index in [1.807, 2.05) is 15.9 Å². The Morgan fingerprint density at radius 3 is 2.82 bits per heavy atom. The van der Waals surface area contributed by atoms with Gasteiger partial charge in [-0.25, -0.2) is 0 Å². The van der Waals surface area contributed by atoms with Crippen LogP contribution in [0.15, 0.2) is 22.6 Å². The summed E-state index contributed by atoms with van der Waals surface area (Å²) >= 11 is 5.95. The molecule has 2 aliphatic heterocycles. The molecule has 3 heterocycles. The van der Waals surface area contributed by atoms with Gasteiger partial charge in [-0.05, 0) is 18.2 Å². The summed E-state index contributed by atoms with van der Waals surface area (Å²) < 4.78 is 11.0. The van der Waals surface area contributed by atoms with Gasteiger partial charge < -0.3 is 19.0 Å². The van der Waals surface area contributed by atoms with E-state index in [9.17, 15) is 4.79 Å². The first-order chi connectivity index (χ1) is 10.7. The van der Waals surface area contributed by atoms with Crippen molar-refractivity contribution in [1.82, 2.24) is 9.88 Å². The molecule has 116 valence electrons. The van der Waals surface area contributed by atoms with Gasteiger partial charge in [-0.2, -0.15) is 4.98 Å². The number of amides is 1. The van der Waals surface area contributed by atoms with Gasteiger partial charge in [-0.1, -0.05) is 11.6 Å². The Morgan fingerprint density at radius 2 is 2.05 bits per heavy atom. The van der Waals surface area contributed by atoms with E-state index in [0.29, 0.717) is 56.0 Å². The first-order valence-electron chi connectivity index (χ1n) is 7.38. The molecule has 0 atom stereocenters. The van der Waals surface area contributed by atoms with Crippen LogP contribution in [0.3, 0.4) is 0 Å². The normalized spacial score (nSPS) is 19.5. The maximum Gasteiger partial charge on any atom is 0.298 e. The topological polar surface area (TPSA) is 58.8 Å². The number of aromatic nitrogens is 1. The number of fused-ring (bicyclic) bond motifs is 1. The van der Waals surface area contributed by atoms with Gasteiger partial charge in [0.25, 0.3) is 6.01 Å². The SMILES string of the molecule is O=C(C1CN(c2nc3cc(Cl)ccc3o2)C1)N1CCOCC1. The minimum Gasteiger partial charge on any atom is -0.423 e. The van der Waals surface area contributed by atoms with Crippen LogP contribution < -0.4 is 4.90 Å². The smallest absolute Gasteiger partial charge is 0.298 e. The monoisotopic (exact) mass is 321 g/mol. The number of ether oxygens (including phenoxy) is 1. The summed E-state index contributed by atoms with van der Waals surface area (Å²) in [5.41, 5.74) is 1.45. The largest absolute Gasteiger partial charge is 0.423 e. The molecule has 0 aliphatic carbocycles. The summed E-state index contributed by atoms with van der Waals surface area (Å²) in [6, 6.07) is 5.92. The Morgan fingerprint density at radius 1 is 1.27 bits per heavy atom. The highest BCUT2D eigenvalue weighted by Crippen LogP contribution is 2.29. The van der Waals surface area contributed by atoms with Gasteiger partial charge in [0.15, 0.2) is 5.58 Å². The second kappa shape index (κ2) is 5.44. The number of nitrogens with zero attached hydrogens (tertiary/aromatic N) is 3. The lowest BCUT2D eigenvalue weighted by atomic mass is 9.99. The van der Waals surface area contributed by atoms with E-state index in [-0.39, 0.29) is 11.8 Å². The van der Waals surface area contributed by atoms with Gasteiger partial charge in [-0.3, -0.25) is 4.79 Å². The molecule has 2 aliphatic rings. The number of oxazole rings is 1. The van der Waals surface area contributed by atoms with E-state index in [4.69, 9.17) is 20.8 Å². The van der Waals surface area contributed by atoms with Gasteiger partial charge in [0, 0.05) is 31.2 Å². The first kappa shape index (κ1) is 13.8. The molecule has 6 nitrogen and oxygen atoms in total. The maximum absolute atomic E-state index is 12.3. The van der Waals surface area contributed by atoms with Crippen LogP contribution >= 0.6 is 11.6 Å². The lowest BCUT2D eigenvalue weighted by molar-refractivity contribution is -0.140. The molecule has 0 spiro atoms. The quantitative estimate of drug-likeness (QED) is 0.844. The molecule has 2 fully saturated rings. The summed E-state index contributed by atoms with van der Waals surface area (Å²) in [6.45, 7) is 3.95. The highest BCUT2D eigenvalue weighted by molar-refractivity contribution is 6.31. The predicted molar refractivity (Wildman–Crippen MR) is 82.1 cm³/mol. The van der Waals surface area contributed by atoms with E-state index >= 15 is 0 Å². The van der Waals surface area contributed by atoms with Crippen LogP contribution in [0.2, 0.25) is 5.02 Å². The van der Waals surface area contributed by atoms with Gasteiger partial charge in [0.05, 0.1) is 19.1 Å². The number of morpholine rings is 1. The van der Waals surface area contributed by atoms with Crippen molar-refractivity contribution in [3.8, 4) is 0 Å². The minimum absolute atomic E-state index is 0.0247. The average Bonchev–Trinajstić information content (AvgIpc) is 2.89. The van der Waals surface area contributed by atoms with Gasteiger partial charge in [-0.15, -0.1) is 0 Å². The summed E-state index contributed by atoms with van der Waals surface area (Å²) in [4.78, 5) is 20.7. The highest BCUT2D eigenvalue weighted by atomic mass is 35.5. The third-order valence-electron chi connectivity index (χ3n) is 4.16. The number of hydrogen-bond donors (Lipinski definition) is 0. The molecule has 0 saturated carbocycles. The molecule has 2 aromatic rings. The fourth-order valence-electron chi connectivity index (χ4n) is 2.86. The zero-order valence-electron chi connectivity index (χ0n) is 12.0. The van der Waals surface area contributed by atoms with Crippen molar-refractivity contribution < 1.29 is 13.9 Å². The average molecular weight is 322 g/mol. The fourth-order valence-corrected chi connectivity index (χ4v) is 3.02. The molecule has 0 N–H and O–H groups in total. The molecule has 1 aromatic carbocycles. The molecule has 4 rings (SSSR count). The number of rotatable bonds is 2. The first-order valence-corrected chi connectivity index (χ1v) is 7.76. The predicted octanol–water partition coefficient (Wildman–Crippen LogP) is 1.78. The van der Waals surface area contributed by atoms with Crippen molar-refractivity contribution in [2.24, 2.45) is 5.92 Å². The number of halogens is 1. The molecular formula is C15H16ClN3O3. The number of carbonyl (C=O) groups excluding carboxylic acids is 1. The molecule has 0 unspecified atom stereocenters. The van der Waals surface area contributed by atoms with E-state index < -0.39 is 0 Å². The zero-order chi connectivity index (χ0) is 15.1. The Bertz CT molecular complexity index is 705. The van der Waals surface area contributed by atoms with Gasteiger partial charge in [0.2, 0.25) is 5.91 Å². The van der Waals surface area contributed by atoms with Crippen LogP contribution in [0.5, 0.6) is 0 Å². The fraction of sp³-hybridized carbons (Fsp3) is 0.467. The van der Waals surface area contributed by atoms with Gasteiger partial charge in [0.1, 0.15) is 5.52 Å². The van der Waals surface area contributed by atoms with Crippen LogP contribution in [-0.2, 0) is 9.53 Å². The third-order valence-corrected chi connectivity index (χ3v) is 4.40. The Balaban J connectivity index is 1.42. The molecule has 0 radical (unpaired) electrons. The van der Waals surface area contributed by atoms with Crippen molar-refractivity contribution >= 4 is 34.6 Å². The lowest BCUT2D eigenvalue weighted by Gasteiger charge is -2.40. The molecule has 22 heavy (non-hydrogen) atoms. The Labute approximate surface area is 132 Å². The summed E-state index contributed by atoms with van der Waals surface area (Å²) in [5.74, 6) is 0.232. The maximum atomic E-state index is 12.3. The second-order valence-corrected chi connectivity index (χ2v) is 6.08. The lowest BCUT2D eigenvalue weighted by Crippen LogP contribution is -2.56. The summed E-state index contributed by atoms with van der Waals surface area (Å²) in [6.07, 6.45) is 0. The standard InChI is InChI=1S/C15H16ClN3O3/c16-11-1-2-13-12(7-11)17-15(22-13)19-8-10(9-19)14(20)18-3-5-21-6-4-18/h1-2,7,10H,3-6,8-9H2. The van der Waals surface area contributed by atoms with Crippen molar-refractivity contribution in [3.05, 3.63) is 23.2 Å². The van der Waals surface area contributed by atoms with Gasteiger partial charge >= 0.3 is 0 Å². The van der Waals surface area contributed by atoms with Crippen LogP contribution in [-0.4, -0.2) is 55.2 Å². The van der Waals surface area contributed by atoms with E-state index in [1.54, 1.807) is 12.1 Å². The van der Waals surface area contributed by atoms with Crippen molar-refractivity contribution in [1.29, 1.82) is 0 Å². The number of anilines is 1. The van der Waals surface area contributed by atoms with Crippen molar-refractivity contribution in [2.45, 2.75) is 0 Å². The Hall–Kier alpha value is -1.79.